The molecule has 0 bridgehead atoms. The minimum absolute atomic E-state index is 0.195. The smallest absolute Gasteiger partial charge is 0.314 e. The molecule has 0 unspecified atom stereocenters. The Morgan fingerprint density at radius 1 is 1.07 bits per heavy atom. The molecule has 0 spiro atoms. The van der Waals surface area contributed by atoms with E-state index >= 15 is 0 Å². The van der Waals surface area contributed by atoms with Crippen molar-refractivity contribution in [3.8, 4) is 11.5 Å². The molecular weight excluding hydrogens is 342 g/mol. The number of aromatic amines is 1. The minimum Gasteiger partial charge on any atom is -0.497 e. The van der Waals surface area contributed by atoms with E-state index in [4.69, 9.17) is 9.47 Å². The fourth-order valence-electron chi connectivity index (χ4n) is 2.90. The summed E-state index contributed by atoms with van der Waals surface area (Å²) >= 11 is 0. The predicted molar refractivity (Wildman–Crippen MR) is 107 cm³/mol. The van der Waals surface area contributed by atoms with Crippen molar-refractivity contribution in [1.29, 1.82) is 0 Å². The van der Waals surface area contributed by atoms with Crippen LogP contribution in [0.4, 0.5) is 4.79 Å². The summed E-state index contributed by atoms with van der Waals surface area (Å²) in [6, 6.07) is 13.5. The van der Waals surface area contributed by atoms with Gasteiger partial charge in [-0.3, -0.25) is 0 Å². The van der Waals surface area contributed by atoms with Crippen LogP contribution in [0.15, 0.2) is 48.7 Å². The van der Waals surface area contributed by atoms with Crippen molar-refractivity contribution in [2.24, 2.45) is 0 Å². The van der Waals surface area contributed by atoms with Crippen molar-refractivity contribution in [3.05, 3.63) is 59.8 Å². The Labute approximate surface area is 158 Å². The van der Waals surface area contributed by atoms with Crippen molar-refractivity contribution < 1.29 is 14.3 Å². The van der Waals surface area contributed by atoms with Crippen LogP contribution < -0.4 is 20.1 Å². The van der Waals surface area contributed by atoms with Gasteiger partial charge in [0.1, 0.15) is 18.1 Å². The van der Waals surface area contributed by atoms with E-state index in [1.807, 2.05) is 30.5 Å². The molecule has 0 aliphatic rings. The van der Waals surface area contributed by atoms with E-state index in [9.17, 15) is 4.79 Å². The SMILES string of the molecule is COc1cccc(OCCNC(=O)NCCc2c[nH]c3cc(C)ccc23)c1. The van der Waals surface area contributed by atoms with E-state index in [0.717, 1.165) is 17.7 Å². The quantitative estimate of drug-likeness (QED) is 0.534. The Kier molecular flexibility index (Phi) is 6.20. The van der Waals surface area contributed by atoms with Gasteiger partial charge in [0.25, 0.3) is 0 Å². The Morgan fingerprint density at radius 3 is 2.74 bits per heavy atom. The standard InChI is InChI=1S/C21H25N3O3/c1-15-6-7-19-16(14-24-20(19)12-15)8-9-22-21(25)23-10-11-27-18-5-3-4-17(13-18)26-2/h3-7,12-14,24H,8-11H2,1-2H3,(H2,22,23,25). The van der Waals surface area contributed by atoms with E-state index in [1.165, 1.54) is 16.5 Å². The zero-order valence-corrected chi connectivity index (χ0v) is 15.7. The summed E-state index contributed by atoms with van der Waals surface area (Å²) < 4.78 is 10.7. The van der Waals surface area contributed by atoms with E-state index in [-0.39, 0.29) is 6.03 Å². The highest BCUT2D eigenvalue weighted by molar-refractivity contribution is 5.83. The number of methoxy groups -OCH3 is 1. The van der Waals surface area contributed by atoms with Crippen molar-refractivity contribution in [1.82, 2.24) is 15.6 Å². The molecular formula is C21H25N3O3. The summed E-state index contributed by atoms with van der Waals surface area (Å²) in [6.45, 7) is 3.46. The summed E-state index contributed by atoms with van der Waals surface area (Å²) in [5.41, 5.74) is 3.56. The lowest BCUT2D eigenvalue weighted by Crippen LogP contribution is -2.38. The Morgan fingerprint density at radius 2 is 1.89 bits per heavy atom. The normalized spacial score (nSPS) is 10.6. The molecule has 142 valence electrons. The number of aromatic nitrogens is 1. The van der Waals surface area contributed by atoms with Crippen LogP contribution in [-0.2, 0) is 6.42 Å². The number of benzene rings is 2. The number of nitrogens with one attached hydrogen (secondary N) is 3. The number of hydrogen-bond acceptors (Lipinski definition) is 3. The zero-order valence-electron chi connectivity index (χ0n) is 15.7. The molecule has 0 fully saturated rings. The van der Waals surface area contributed by atoms with Crippen molar-refractivity contribution in [2.45, 2.75) is 13.3 Å². The van der Waals surface area contributed by atoms with Crippen LogP contribution in [0, 0.1) is 6.92 Å². The van der Waals surface area contributed by atoms with Gasteiger partial charge < -0.3 is 25.1 Å². The van der Waals surface area contributed by atoms with Crippen LogP contribution in [0.2, 0.25) is 0 Å². The molecule has 3 N–H and O–H groups in total. The van der Waals surface area contributed by atoms with Gasteiger partial charge in [0, 0.05) is 29.7 Å². The van der Waals surface area contributed by atoms with Crippen LogP contribution in [0.25, 0.3) is 10.9 Å². The largest absolute Gasteiger partial charge is 0.497 e. The average molecular weight is 367 g/mol. The first-order valence-corrected chi connectivity index (χ1v) is 9.01. The first-order valence-electron chi connectivity index (χ1n) is 9.01. The van der Waals surface area contributed by atoms with E-state index in [0.29, 0.717) is 25.4 Å². The highest BCUT2D eigenvalue weighted by atomic mass is 16.5. The fraction of sp³-hybridized carbons (Fsp3) is 0.286. The molecule has 0 aliphatic heterocycles. The molecule has 2 aromatic carbocycles. The Balaban J connectivity index is 1.36. The summed E-state index contributed by atoms with van der Waals surface area (Å²) in [4.78, 5) is 15.2. The third-order valence-electron chi connectivity index (χ3n) is 4.30. The Hall–Kier alpha value is -3.15. The van der Waals surface area contributed by atoms with Gasteiger partial charge in [0.2, 0.25) is 0 Å². The first-order chi connectivity index (χ1) is 13.2. The fourth-order valence-corrected chi connectivity index (χ4v) is 2.90. The molecule has 6 nitrogen and oxygen atoms in total. The molecule has 1 aromatic heterocycles. The van der Waals surface area contributed by atoms with Crippen LogP contribution in [-0.4, -0.2) is 37.8 Å². The lowest BCUT2D eigenvalue weighted by Gasteiger charge is -2.09. The summed E-state index contributed by atoms with van der Waals surface area (Å²) in [7, 11) is 1.61. The third-order valence-corrected chi connectivity index (χ3v) is 4.30. The second-order valence-corrected chi connectivity index (χ2v) is 6.32. The number of carbonyl (C=O) groups excluding carboxylic acids is 1. The van der Waals surface area contributed by atoms with Crippen LogP contribution >= 0.6 is 0 Å². The van der Waals surface area contributed by atoms with Gasteiger partial charge in [-0.1, -0.05) is 18.2 Å². The third kappa shape index (κ3) is 5.17. The number of ether oxygens (including phenoxy) is 2. The molecule has 0 radical (unpaired) electrons. The van der Waals surface area contributed by atoms with Crippen molar-refractivity contribution in [3.63, 3.8) is 0 Å². The maximum atomic E-state index is 11.9. The van der Waals surface area contributed by atoms with Gasteiger partial charge in [-0.05, 0) is 42.7 Å². The molecule has 0 saturated heterocycles. The molecule has 1 heterocycles. The molecule has 0 aliphatic carbocycles. The summed E-state index contributed by atoms with van der Waals surface area (Å²) in [5.74, 6) is 1.46. The second kappa shape index (κ2) is 8.98. The molecule has 0 atom stereocenters. The molecule has 3 rings (SSSR count). The highest BCUT2D eigenvalue weighted by Crippen LogP contribution is 2.20. The number of hydrogen-bond donors (Lipinski definition) is 3. The number of aryl methyl sites for hydroxylation is 1. The number of H-pyrrole nitrogens is 1. The summed E-state index contributed by atoms with van der Waals surface area (Å²) in [6.07, 6.45) is 2.78. The van der Waals surface area contributed by atoms with Gasteiger partial charge in [0.05, 0.1) is 13.7 Å². The molecule has 3 aromatic rings. The molecule has 0 saturated carbocycles. The van der Waals surface area contributed by atoms with Gasteiger partial charge in [-0.25, -0.2) is 4.79 Å². The monoisotopic (exact) mass is 367 g/mol. The minimum atomic E-state index is -0.195. The zero-order chi connectivity index (χ0) is 19.1. The number of urea groups is 1. The number of fused-ring (bicyclic) bond motifs is 1. The van der Waals surface area contributed by atoms with Crippen molar-refractivity contribution >= 4 is 16.9 Å². The van der Waals surface area contributed by atoms with E-state index < -0.39 is 0 Å². The predicted octanol–water partition coefficient (Wildman–Crippen LogP) is 3.41. The van der Waals surface area contributed by atoms with Gasteiger partial charge >= 0.3 is 6.03 Å². The number of carbonyl (C=O) groups is 1. The highest BCUT2D eigenvalue weighted by Gasteiger charge is 2.05. The summed E-state index contributed by atoms with van der Waals surface area (Å²) in [5, 5.41) is 6.87. The molecule has 2 amide bonds. The van der Waals surface area contributed by atoms with Crippen LogP contribution in [0.3, 0.4) is 0 Å². The molecule has 27 heavy (non-hydrogen) atoms. The lowest BCUT2D eigenvalue weighted by atomic mass is 10.1. The van der Waals surface area contributed by atoms with E-state index in [2.05, 4.69) is 40.7 Å². The van der Waals surface area contributed by atoms with E-state index in [1.54, 1.807) is 7.11 Å². The second-order valence-electron chi connectivity index (χ2n) is 6.32. The maximum absolute atomic E-state index is 11.9. The van der Waals surface area contributed by atoms with Crippen LogP contribution in [0.1, 0.15) is 11.1 Å². The Bertz CT molecular complexity index is 905. The molecule has 6 heteroatoms. The first kappa shape index (κ1) is 18.6. The van der Waals surface area contributed by atoms with Crippen molar-refractivity contribution in [2.75, 3.05) is 26.8 Å². The number of amides is 2. The maximum Gasteiger partial charge on any atom is 0.314 e. The average Bonchev–Trinajstić information content (AvgIpc) is 3.07. The number of rotatable bonds is 8. The lowest BCUT2D eigenvalue weighted by molar-refractivity contribution is 0.236. The van der Waals surface area contributed by atoms with Gasteiger partial charge in [-0.2, -0.15) is 0 Å². The topological polar surface area (TPSA) is 75.4 Å². The van der Waals surface area contributed by atoms with Crippen LogP contribution in [0.5, 0.6) is 11.5 Å². The van der Waals surface area contributed by atoms with Gasteiger partial charge in [0.15, 0.2) is 0 Å². The van der Waals surface area contributed by atoms with Gasteiger partial charge in [-0.15, -0.1) is 0 Å².